The number of benzene rings is 2. The molecule has 0 saturated carbocycles. The molecule has 4 atom stereocenters. The molecule has 16 nitrogen and oxygen atoms in total. The number of carbonyl (C=O) groups is 5. The molecule has 0 spiro atoms. The number of ether oxygens (including phenoxy) is 1. The number of aryl methyl sites for hydroxylation is 1. The SMILES string of the molecule is CCn1c(-c2cnccc2C(C)C)c2c3cc(ccc31)-c1cc(O)cc(c1)C[C@H](NC(=O)[C@H](C(C)C)N(C)C(=O)[C@@]1(O)CCN(C(=O)C#CCN(C)C)C1)C(=O)N1CCC[C@H](N1)C(=O)OCC(C)(C)C2. The van der Waals surface area contributed by atoms with E-state index in [0.29, 0.717) is 43.5 Å². The van der Waals surface area contributed by atoms with Gasteiger partial charge in [0.05, 0.1) is 25.4 Å². The van der Waals surface area contributed by atoms with Crippen LogP contribution in [0.15, 0.2) is 54.9 Å². The number of aliphatic hydroxyl groups is 1. The molecule has 70 heavy (non-hydrogen) atoms. The van der Waals surface area contributed by atoms with Gasteiger partial charge in [-0.3, -0.25) is 38.9 Å². The molecule has 16 heteroatoms. The van der Waals surface area contributed by atoms with E-state index in [4.69, 9.17) is 4.74 Å². The van der Waals surface area contributed by atoms with Gasteiger partial charge < -0.3 is 34.6 Å². The van der Waals surface area contributed by atoms with Crippen LogP contribution < -0.4 is 10.7 Å². The minimum Gasteiger partial charge on any atom is -0.508 e. The summed E-state index contributed by atoms with van der Waals surface area (Å²) in [4.78, 5) is 79.4. The van der Waals surface area contributed by atoms with Gasteiger partial charge >= 0.3 is 5.97 Å². The molecule has 2 fully saturated rings. The highest BCUT2D eigenvalue weighted by Gasteiger charge is 2.48. The van der Waals surface area contributed by atoms with E-state index < -0.39 is 64.7 Å². The third kappa shape index (κ3) is 11.0. The second-order valence-electron chi connectivity index (χ2n) is 21.0. The number of hydrazine groups is 1. The van der Waals surface area contributed by atoms with E-state index in [1.165, 1.54) is 27.4 Å². The Kier molecular flexibility index (Phi) is 15.5. The van der Waals surface area contributed by atoms with Crippen LogP contribution in [-0.2, 0) is 48.1 Å². The summed E-state index contributed by atoms with van der Waals surface area (Å²) >= 11 is 0. The fourth-order valence-corrected chi connectivity index (χ4v) is 10.3. The smallest absolute Gasteiger partial charge is 0.324 e. The van der Waals surface area contributed by atoms with E-state index in [2.05, 4.69) is 85.0 Å². The molecule has 7 rings (SSSR count). The third-order valence-corrected chi connectivity index (χ3v) is 13.7. The number of nitrogens with one attached hydrogen (secondary N) is 2. The Hall–Kier alpha value is -6.28. The first-order chi connectivity index (χ1) is 33.1. The fourth-order valence-electron chi connectivity index (χ4n) is 10.3. The quantitative estimate of drug-likeness (QED) is 0.132. The Labute approximate surface area is 411 Å². The monoisotopic (exact) mass is 959 g/mol. The van der Waals surface area contributed by atoms with E-state index in [-0.39, 0.29) is 50.8 Å². The van der Waals surface area contributed by atoms with Gasteiger partial charge in [-0.1, -0.05) is 59.6 Å². The lowest BCUT2D eigenvalue weighted by atomic mass is 9.83. The number of nitrogens with zero attached hydrogens (tertiary/aromatic N) is 6. The maximum atomic E-state index is 14.8. The average molecular weight is 959 g/mol. The number of rotatable bonds is 9. The van der Waals surface area contributed by atoms with Crippen molar-refractivity contribution in [2.75, 3.05) is 53.9 Å². The molecule has 5 heterocycles. The number of fused-ring (bicyclic) bond motifs is 6. The number of hydrogen-bond acceptors (Lipinski definition) is 11. The molecular formula is C54H70N8O8. The molecule has 3 aliphatic rings. The van der Waals surface area contributed by atoms with Gasteiger partial charge in [0, 0.05) is 73.8 Å². The number of phenolic OH excluding ortho intramolecular Hbond substituents is 1. The van der Waals surface area contributed by atoms with E-state index in [1.807, 2.05) is 43.5 Å². The zero-order chi connectivity index (χ0) is 50.8. The van der Waals surface area contributed by atoms with Crippen molar-refractivity contribution in [3.8, 4) is 40.0 Å². The molecule has 0 unspecified atom stereocenters. The van der Waals surface area contributed by atoms with Gasteiger partial charge in [-0.25, -0.2) is 5.43 Å². The van der Waals surface area contributed by atoms with Crippen molar-refractivity contribution >= 4 is 40.5 Å². The number of aromatic hydroxyl groups is 1. The van der Waals surface area contributed by atoms with Crippen molar-refractivity contribution in [3.05, 3.63) is 71.5 Å². The largest absolute Gasteiger partial charge is 0.508 e. The standard InChI is InChI=1S/C54H70N8O8/c1-11-61-45-17-16-36-28-40(45)41(48(61)42-30-55-20-18-39(42)33(2)3)29-53(6,7)32-70-51(67)43-14-12-22-62(57-43)50(66)44(26-35-24-37(36)27-38(63)25-35)56-49(65)47(34(4)5)59(10)52(68)54(69)19-23-60(31-54)46(64)15-13-21-58(8)9/h16-18,20,24-25,27-28,30,33-34,43-44,47,57,63,69H,11-12,14,19,21-23,26,29,31-32H2,1-10H3,(H,56,65)/t43-,44-,47-,54+/m0/s1. The number of esters is 1. The first kappa shape index (κ1) is 51.6. The lowest BCUT2D eigenvalue weighted by molar-refractivity contribution is -0.156. The van der Waals surface area contributed by atoms with Gasteiger partial charge in [-0.15, -0.1) is 0 Å². The minimum absolute atomic E-state index is 0.0325. The van der Waals surface area contributed by atoms with Gasteiger partial charge in [0.25, 0.3) is 17.7 Å². The summed E-state index contributed by atoms with van der Waals surface area (Å²) in [6.07, 6.45) is 5.11. The zero-order valence-electron chi connectivity index (χ0n) is 42.4. The molecule has 0 aliphatic carbocycles. The molecule has 2 saturated heterocycles. The summed E-state index contributed by atoms with van der Waals surface area (Å²) in [5.41, 5.74) is 8.05. The van der Waals surface area contributed by atoms with Gasteiger partial charge in [0.1, 0.15) is 23.9 Å². The fraction of sp³-hybridized carbons (Fsp3) is 0.519. The molecule has 374 valence electrons. The van der Waals surface area contributed by atoms with Crippen LogP contribution in [0.5, 0.6) is 5.75 Å². The van der Waals surface area contributed by atoms with Crippen molar-refractivity contribution in [2.45, 2.75) is 117 Å². The highest BCUT2D eigenvalue weighted by Crippen LogP contribution is 2.42. The number of β-amino-alcohol motifs (C(OH)–C–C–N with tert-alkyl or cyclic N) is 1. The predicted octanol–water partition coefficient (Wildman–Crippen LogP) is 4.88. The van der Waals surface area contributed by atoms with Gasteiger partial charge in [0.2, 0.25) is 5.91 Å². The van der Waals surface area contributed by atoms with Crippen molar-refractivity contribution in [3.63, 3.8) is 0 Å². The summed E-state index contributed by atoms with van der Waals surface area (Å²) < 4.78 is 8.43. The van der Waals surface area contributed by atoms with Gasteiger partial charge in [-0.05, 0) is 116 Å². The number of likely N-dealkylation sites (N-methyl/N-ethyl adjacent to an activating group) is 1. The normalized spacial score (nSPS) is 21.1. The average Bonchev–Trinajstić information content (AvgIpc) is 3.86. The topological polar surface area (TPSA) is 190 Å². The minimum atomic E-state index is -1.97. The second-order valence-corrected chi connectivity index (χ2v) is 21.0. The van der Waals surface area contributed by atoms with Crippen LogP contribution in [0.4, 0.5) is 0 Å². The molecule has 6 bridgehead atoms. The van der Waals surface area contributed by atoms with E-state index in [1.54, 1.807) is 26.0 Å². The lowest BCUT2D eigenvalue weighted by Crippen LogP contribution is -2.63. The number of phenols is 1. The summed E-state index contributed by atoms with van der Waals surface area (Å²) in [7, 11) is 5.09. The number of cyclic esters (lactones) is 1. The maximum absolute atomic E-state index is 14.8. The van der Waals surface area contributed by atoms with Crippen molar-refractivity contribution < 1.29 is 38.9 Å². The van der Waals surface area contributed by atoms with Crippen molar-refractivity contribution in [1.82, 2.24) is 40.0 Å². The first-order valence-electron chi connectivity index (χ1n) is 24.5. The van der Waals surface area contributed by atoms with E-state index in [0.717, 1.165) is 33.3 Å². The van der Waals surface area contributed by atoms with Crippen LogP contribution in [0.25, 0.3) is 33.3 Å². The van der Waals surface area contributed by atoms with Crippen molar-refractivity contribution in [1.29, 1.82) is 0 Å². The third-order valence-electron chi connectivity index (χ3n) is 13.7. The van der Waals surface area contributed by atoms with Crippen LogP contribution >= 0.6 is 0 Å². The number of amides is 4. The van der Waals surface area contributed by atoms with Crippen LogP contribution in [0, 0.1) is 23.2 Å². The molecule has 4 aromatic rings. The number of hydrogen-bond donors (Lipinski definition) is 4. The van der Waals surface area contributed by atoms with Gasteiger partial charge in [0.15, 0.2) is 5.60 Å². The molecule has 3 aliphatic heterocycles. The Balaban J connectivity index is 1.27. The number of pyridine rings is 1. The summed E-state index contributed by atoms with van der Waals surface area (Å²) in [5, 5.41) is 28.3. The van der Waals surface area contributed by atoms with Crippen LogP contribution in [-0.4, -0.2) is 147 Å². The molecule has 4 N–H and O–H groups in total. The molecule has 0 radical (unpaired) electrons. The Bertz CT molecular complexity index is 2720. The highest BCUT2D eigenvalue weighted by atomic mass is 16.5. The van der Waals surface area contributed by atoms with E-state index >= 15 is 0 Å². The summed E-state index contributed by atoms with van der Waals surface area (Å²) in [6, 6.07) is 10.2. The highest BCUT2D eigenvalue weighted by molar-refractivity contribution is 5.98. The Morgan fingerprint density at radius 2 is 1.79 bits per heavy atom. The maximum Gasteiger partial charge on any atom is 0.324 e. The predicted molar refractivity (Wildman–Crippen MR) is 268 cm³/mol. The second kappa shape index (κ2) is 21.0. The molecular weight excluding hydrogens is 889 g/mol. The summed E-state index contributed by atoms with van der Waals surface area (Å²) in [5.74, 6) is 2.16. The first-order valence-corrected chi connectivity index (χ1v) is 24.5. The Morgan fingerprint density at radius 1 is 1.03 bits per heavy atom. The van der Waals surface area contributed by atoms with Crippen molar-refractivity contribution in [2.24, 2.45) is 11.3 Å². The Morgan fingerprint density at radius 3 is 2.49 bits per heavy atom. The number of carbonyl (C=O) groups excluding carboxylic acids is 5. The summed E-state index contributed by atoms with van der Waals surface area (Å²) in [6.45, 7) is 15.4. The lowest BCUT2D eigenvalue weighted by Gasteiger charge is -2.37. The zero-order valence-corrected chi connectivity index (χ0v) is 42.4. The van der Waals surface area contributed by atoms with Crippen LogP contribution in [0.1, 0.15) is 90.3 Å². The number of likely N-dealkylation sites (tertiary alicyclic amines) is 1. The van der Waals surface area contributed by atoms with Crippen LogP contribution in [0.3, 0.4) is 0 Å². The molecule has 4 amide bonds. The molecule has 2 aromatic carbocycles. The van der Waals surface area contributed by atoms with Gasteiger partial charge in [-0.2, -0.15) is 0 Å². The van der Waals surface area contributed by atoms with E-state index in [9.17, 15) is 34.2 Å². The molecule has 2 aromatic heterocycles. The van der Waals surface area contributed by atoms with Crippen LogP contribution in [0.2, 0.25) is 0 Å². The number of aromatic nitrogens is 2.